The molecule has 1 amide bonds. The highest BCUT2D eigenvalue weighted by Gasteiger charge is 2.46. The molecule has 6 heteroatoms. The molecule has 0 spiro atoms. The number of hydrogen-bond donors (Lipinski definition) is 1. The average molecular weight is 380 g/mol. The lowest BCUT2D eigenvalue weighted by Gasteiger charge is -2.27. The molecule has 4 heterocycles. The number of piperidine rings is 1. The van der Waals surface area contributed by atoms with Crippen LogP contribution >= 0.6 is 0 Å². The number of nitrogens with one attached hydrogen (secondary N) is 1. The van der Waals surface area contributed by atoms with Gasteiger partial charge in [0.15, 0.2) is 0 Å². The third-order valence-corrected chi connectivity index (χ3v) is 6.88. The van der Waals surface area contributed by atoms with Crippen LogP contribution in [0.2, 0.25) is 0 Å². The molecule has 0 radical (unpaired) electrons. The summed E-state index contributed by atoms with van der Waals surface area (Å²) >= 11 is 0. The maximum absolute atomic E-state index is 13.5. The number of hydrogen-bond acceptors (Lipinski definition) is 4. The van der Waals surface area contributed by atoms with Crippen molar-refractivity contribution >= 4 is 5.91 Å². The van der Waals surface area contributed by atoms with Gasteiger partial charge in [-0.15, -0.1) is 0 Å². The molecule has 1 saturated carbocycles. The molecule has 148 valence electrons. The zero-order valence-corrected chi connectivity index (χ0v) is 16.6. The molecular weight excluding hydrogens is 350 g/mol. The summed E-state index contributed by atoms with van der Waals surface area (Å²) in [5.74, 6) is 0.548. The molecule has 1 N–H and O–H groups in total. The molecule has 1 atom stereocenters. The van der Waals surface area contributed by atoms with Crippen molar-refractivity contribution in [1.29, 1.82) is 0 Å². The van der Waals surface area contributed by atoms with Crippen molar-refractivity contribution < 1.29 is 4.79 Å². The summed E-state index contributed by atoms with van der Waals surface area (Å²) in [7, 11) is 0. The maximum atomic E-state index is 13.5. The van der Waals surface area contributed by atoms with Crippen molar-refractivity contribution in [1.82, 2.24) is 25.0 Å². The first-order valence-electron chi connectivity index (χ1n) is 10.6. The molecule has 1 aliphatic carbocycles. The summed E-state index contributed by atoms with van der Waals surface area (Å²) in [5, 5.41) is 8.18. The smallest absolute Gasteiger partial charge is 0.257 e. The summed E-state index contributed by atoms with van der Waals surface area (Å²) in [6.07, 6.45) is 11.1. The Labute approximate surface area is 166 Å². The minimum absolute atomic E-state index is 0.120. The standard InChI is InChI=1S/C22H29N5O/c1-22(7-8-22)20-19(14-25-27(20)18-4-10-23-11-5-18)21(28)26-12-6-17(15-26)16-3-2-9-24-13-16/h2-3,9,13-14,17-18,23H,4-8,10-12,15H2,1H3. The molecule has 6 nitrogen and oxygen atoms in total. The molecule has 28 heavy (non-hydrogen) atoms. The van der Waals surface area contributed by atoms with Crippen LogP contribution in [0.25, 0.3) is 0 Å². The molecule has 2 aliphatic heterocycles. The SMILES string of the molecule is CC1(c2c(C(=O)N3CCC(c4cccnc4)C3)cnn2C2CCNCC2)CC1. The van der Waals surface area contributed by atoms with E-state index in [2.05, 4.69) is 28.0 Å². The number of nitrogens with zero attached hydrogens (tertiary/aromatic N) is 4. The monoisotopic (exact) mass is 379 g/mol. The lowest BCUT2D eigenvalue weighted by Crippen LogP contribution is -2.33. The normalized spacial score (nSPS) is 24.5. The van der Waals surface area contributed by atoms with Crippen LogP contribution in [0.15, 0.2) is 30.7 Å². The van der Waals surface area contributed by atoms with E-state index in [0.717, 1.165) is 63.8 Å². The van der Waals surface area contributed by atoms with Crippen molar-refractivity contribution in [2.45, 2.75) is 56.4 Å². The van der Waals surface area contributed by atoms with E-state index in [9.17, 15) is 4.79 Å². The Bertz CT molecular complexity index is 851. The maximum Gasteiger partial charge on any atom is 0.257 e. The van der Waals surface area contributed by atoms with Crippen molar-refractivity contribution in [3.05, 3.63) is 47.5 Å². The Kier molecular flexibility index (Phi) is 4.46. The molecule has 2 aromatic heterocycles. The number of carbonyl (C=O) groups excluding carboxylic acids is 1. The first kappa shape index (κ1) is 17.9. The van der Waals surface area contributed by atoms with E-state index in [4.69, 9.17) is 5.10 Å². The Morgan fingerprint density at radius 2 is 2.04 bits per heavy atom. The molecule has 0 bridgehead atoms. The molecule has 2 saturated heterocycles. The van der Waals surface area contributed by atoms with Crippen LogP contribution in [-0.2, 0) is 5.41 Å². The summed E-state index contributed by atoms with van der Waals surface area (Å²) in [6.45, 7) is 5.94. The molecule has 5 rings (SSSR count). The van der Waals surface area contributed by atoms with E-state index < -0.39 is 0 Å². The van der Waals surface area contributed by atoms with Crippen molar-refractivity contribution in [3.8, 4) is 0 Å². The van der Waals surface area contributed by atoms with Gasteiger partial charge in [0.2, 0.25) is 0 Å². The van der Waals surface area contributed by atoms with E-state index in [0.29, 0.717) is 12.0 Å². The fourth-order valence-corrected chi connectivity index (χ4v) is 4.88. The van der Waals surface area contributed by atoms with E-state index in [1.54, 1.807) is 6.20 Å². The third-order valence-electron chi connectivity index (χ3n) is 6.88. The van der Waals surface area contributed by atoms with Gasteiger partial charge in [-0.05, 0) is 56.8 Å². The van der Waals surface area contributed by atoms with Gasteiger partial charge < -0.3 is 10.2 Å². The van der Waals surface area contributed by atoms with Gasteiger partial charge in [-0.25, -0.2) is 0 Å². The molecular formula is C22H29N5O. The lowest BCUT2D eigenvalue weighted by atomic mass is 9.98. The van der Waals surface area contributed by atoms with Crippen LogP contribution in [0.5, 0.6) is 0 Å². The van der Waals surface area contributed by atoms with Crippen molar-refractivity contribution in [2.24, 2.45) is 0 Å². The van der Waals surface area contributed by atoms with E-state index in [1.165, 1.54) is 11.3 Å². The second-order valence-corrected chi connectivity index (χ2v) is 8.92. The Morgan fingerprint density at radius 1 is 1.21 bits per heavy atom. The summed E-state index contributed by atoms with van der Waals surface area (Å²) in [5.41, 5.74) is 3.38. The summed E-state index contributed by atoms with van der Waals surface area (Å²) < 4.78 is 2.20. The number of rotatable bonds is 4. The van der Waals surface area contributed by atoms with Crippen LogP contribution in [0.3, 0.4) is 0 Å². The first-order chi connectivity index (χ1) is 13.7. The van der Waals surface area contributed by atoms with Crippen molar-refractivity contribution in [2.75, 3.05) is 26.2 Å². The highest BCUT2D eigenvalue weighted by molar-refractivity contribution is 5.96. The number of aromatic nitrogens is 3. The van der Waals surface area contributed by atoms with E-state index in [1.807, 2.05) is 23.4 Å². The zero-order valence-electron chi connectivity index (χ0n) is 16.6. The Hall–Kier alpha value is -2.21. The largest absolute Gasteiger partial charge is 0.338 e. The van der Waals surface area contributed by atoms with E-state index >= 15 is 0 Å². The quantitative estimate of drug-likeness (QED) is 0.887. The summed E-state index contributed by atoms with van der Waals surface area (Å²) in [4.78, 5) is 19.7. The number of carbonyl (C=O) groups is 1. The second kappa shape index (κ2) is 6.99. The molecule has 0 aromatic carbocycles. The topological polar surface area (TPSA) is 63.1 Å². The van der Waals surface area contributed by atoms with Crippen LogP contribution in [0.4, 0.5) is 0 Å². The molecule has 3 aliphatic rings. The number of pyridine rings is 1. The molecule has 1 unspecified atom stereocenters. The summed E-state index contributed by atoms with van der Waals surface area (Å²) in [6, 6.07) is 4.52. The minimum Gasteiger partial charge on any atom is -0.338 e. The van der Waals surface area contributed by atoms with Crippen LogP contribution in [0.1, 0.15) is 72.6 Å². The fourth-order valence-electron chi connectivity index (χ4n) is 4.88. The van der Waals surface area contributed by atoms with Gasteiger partial charge in [-0.2, -0.15) is 5.10 Å². The third kappa shape index (κ3) is 3.13. The van der Waals surface area contributed by atoms with Gasteiger partial charge in [0.05, 0.1) is 23.5 Å². The fraction of sp³-hybridized carbons (Fsp3) is 0.591. The van der Waals surface area contributed by atoms with Crippen LogP contribution in [0, 0.1) is 0 Å². The van der Waals surface area contributed by atoms with Crippen LogP contribution in [-0.4, -0.2) is 51.8 Å². The van der Waals surface area contributed by atoms with Gasteiger partial charge in [0.25, 0.3) is 5.91 Å². The molecule has 3 fully saturated rings. The Balaban J connectivity index is 1.40. The highest BCUT2D eigenvalue weighted by atomic mass is 16.2. The van der Waals surface area contributed by atoms with Gasteiger partial charge in [-0.1, -0.05) is 13.0 Å². The van der Waals surface area contributed by atoms with Crippen LogP contribution < -0.4 is 5.32 Å². The second-order valence-electron chi connectivity index (χ2n) is 8.92. The predicted molar refractivity (Wildman–Crippen MR) is 107 cm³/mol. The predicted octanol–water partition coefficient (Wildman–Crippen LogP) is 2.88. The van der Waals surface area contributed by atoms with Gasteiger partial charge in [-0.3, -0.25) is 14.5 Å². The highest BCUT2D eigenvalue weighted by Crippen LogP contribution is 2.50. The minimum atomic E-state index is 0.120. The number of amides is 1. The first-order valence-corrected chi connectivity index (χ1v) is 10.6. The van der Waals surface area contributed by atoms with Gasteiger partial charge in [0, 0.05) is 36.8 Å². The lowest BCUT2D eigenvalue weighted by molar-refractivity contribution is 0.0788. The zero-order chi connectivity index (χ0) is 19.1. The molecule has 2 aromatic rings. The van der Waals surface area contributed by atoms with Gasteiger partial charge in [0.1, 0.15) is 0 Å². The van der Waals surface area contributed by atoms with E-state index in [-0.39, 0.29) is 11.3 Å². The van der Waals surface area contributed by atoms with Crippen molar-refractivity contribution in [3.63, 3.8) is 0 Å². The number of likely N-dealkylation sites (tertiary alicyclic amines) is 1. The Morgan fingerprint density at radius 3 is 2.75 bits per heavy atom. The van der Waals surface area contributed by atoms with Gasteiger partial charge >= 0.3 is 0 Å². The average Bonchev–Trinajstić information content (AvgIpc) is 3.16.